The Morgan fingerprint density at radius 1 is 1.14 bits per heavy atom. The van der Waals surface area contributed by atoms with Gasteiger partial charge in [-0.15, -0.1) is 13.2 Å². The van der Waals surface area contributed by atoms with Crippen LogP contribution in [-0.4, -0.2) is 29.2 Å². The molecule has 117 valence electrons. The summed E-state index contributed by atoms with van der Waals surface area (Å²) in [7, 11) is 0. The van der Waals surface area contributed by atoms with Gasteiger partial charge in [-0.05, 0) is 31.0 Å². The fourth-order valence-electron chi connectivity index (χ4n) is 2.55. The van der Waals surface area contributed by atoms with Crippen LogP contribution in [-0.2, 0) is 0 Å². The van der Waals surface area contributed by atoms with Gasteiger partial charge in [-0.2, -0.15) is 5.10 Å². The van der Waals surface area contributed by atoms with Crippen LogP contribution in [0.1, 0.15) is 18.9 Å². The molecular formula is C15H15F3N3O. The van der Waals surface area contributed by atoms with E-state index in [1.54, 1.807) is 12.1 Å². The van der Waals surface area contributed by atoms with E-state index < -0.39 is 6.36 Å². The van der Waals surface area contributed by atoms with Crippen molar-refractivity contribution in [2.24, 2.45) is 0 Å². The Hall–Kier alpha value is -2.02. The van der Waals surface area contributed by atoms with Gasteiger partial charge in [0.25, 0.3) is 0 Å². The molecule has 2 aromatic rings. The Bertz CT molecular complexity index is 633. The maximum absolute atomic E-state index is 12.3. The predicted molar refractivity (Wildman–Crippen MR) is 74.5 cm³/mol. The van der Waals surface area contributed by atoms with Crippen LogP contribution in [0.25, 0.3) is 11.3 Å². The van der Waals surface area contributed by atoms with Crippen LogP contribution >= 0.6 is 0 Å². The van der Waals surface area contributed by atoms with E-state index in [0.717, 1.165) is 25.9 Å². The normalized spacial score (nSPS) is 16.7. The Morgan fingerprint density at radius 3 is 2.64 bits per heavy atom. The largest absolute Gasteiger partial charge is 0.573 e. The molecule has 0 unspecified atom stereocenters. The highest BCUT2D eigenvalue weighted by Gasteiger charge is 2.31. The molecule has 3 rings (SSSR count). The number of benzene rings is 1. The molecule has 2 heterocycles. The van der Waals surface area contributed by atoms with Gasteiger partial charge in [0.1, 0.15) is 5.75 Å². The van der Waals surface area contributed by atoms with Crippen LogP contribution in [0.5, 0.6) is 5.75 Å². The van der Waals surface area contributed by atoms with Gasteiger partial charge in [-0.1, -0.05) is 12.1 Å². The Kier molecular flexibility index (Phi) is 4.06. The highest BCUT2D eigenvalue weighted by atomic mass is 19.4. The topological polar surface area (TPSA) is 41.2 Å². The molecule has 1 aliphatic rings. The SMILES string of the molecule is FC(F)(F)Oc1cccc(-c2ccn(C3CC[N]CC3)n2)c1. The summed E-state index contributed by atoms with van der Waals surface area (Å²) in [6.45, 7) is 1.66. The first-order valence-electron chi connectivity index (χ1n) is 7.06. The average molecular weight is 310 g/mol. The molecule has 0 atom stereocenters. The van der Waals surface area contributed by atoms with Crippen molar-refractivity contribution in [2.75, 3.05) is 13.1 Å². The number of rotatable bonds is 3. The molecule has 1 radical (unpaired) electrons. The molecule has 0 N–H and O–H groups in total. The number of ether oxygens (including phenoxy) is 1. The standard InChI is InChI=1S/C15H15F3N3O/c16-15(17,18)22-13-3-1-2-11(10-13)14-6-9-21(20-14)12-4-7-19-8-5-12/h1-3,6,9-10,12H,4-5,7-8H2. The molecule has 1 aliphatic heterocycles. The molecule has 0 bridgehead atoms. The molecule has 4 nitrogen and oxygen atoms in total. The fourth-order valence-corrected chi connectivity index (χ4v) is 2.55. The summed E-state index contributed by atoms with van der Waals surface area (Å²) >= 11 is 0. The second-order valence-corrected chi connectivity index (χ2v) is 5.16. The molecule has 22 heavy (non-hydrogen) atoms. The zero-order chi connectivity index (χ0) is 15.6. The van der Waals surface area contributed by atoms with E-state index in [0.29, 0.717) is 17.3 Å². The van der Waals surface area contributed by atoms with Crippen LogP contribution in [0.4, 0.5) is 13.2 Å². The molecule has 1 fully saturated rings. The molecule has 1 aromatic carbocycles. The minimum atomic E-state index is -4.69. The van der Waals surface area contributed by atoms with Crippen molar-refractivity contribution >= 4 is 0 Å². The maximum Gasteiger partial charge on any atom is 0.573 e. The molecule has 1 aromatic heterocycles. The van der Waals surface area contributed by atoms with E-state index in [1.165, 1.54) is 18.2 Å². The van der Waals surface area contributed by atoms with Crippen LogP contribution in [0.2, 0.25) is 0 Å². The zero-order valence-electron chi connectivity index (χ0n) is 11.8. The first-order valence-corrected chi connectivity index (χ1v) is 7.06. The van der Waals surface area contributed by atoms with E-state index in [9.17, 15) is 13.2 Å². The molecule has 0 spiro atoms. The monoisotopic (exact) mass is 310 g/mol. The Labute approximate surface area is 125 Å². The first-order chi connectivity index (χ1) is 10.5. The third-order valence-corrected chi connectivity index (χ3v) is 3.59. The lowest BCUT2D eigenvalue weighted by molar-refractivity contribution is -0.274. The van der Waals surface area contributed by atoms with Crippen molar-refractivity contribution in [1.29, 1.82) is 0 Å². The van der Waals surface area contributed by atoms with Gasteiger partial charge in [0, 0.05) is 24.8 Å². The number of nitrogens with zero attached hydrogens (tertiary/aromatic N) is 3. The summed E-state index contributed by atoms with van der Waals surface area (Å²) in [6, 6.07) is 7.97. The van der Waals surface area contributed by atoms with Gasteiger partial charge >= 0.3 is 6.36 Å². The summed E-state index contributed by atoms with van der Waals surface area (Å²) in [4.78, 5) is 0. The van der Waals surface area contributed by atoms with Gasteiger partial charge in [-0.3, -0.25) is 4.68 Å². The molecule has 0 amide bonds. The lowest BCUT2D eigenvalue weighted by atomic mass is 10.1. The zero-order valence-corrected chi connectivity index (χ0v) is 11.8. The predicted octanol–water partition coefficient (Wildman–Crippen LogP) is 3.39. The summed E-state index contributed by atoms with van der Waals surface area (Å²) in [5, 5.41) is 8.78. The van der Waals surface area contributed by atoms with Crippen molar-refractivity contribution in [2.45, 2.75) is 25.2 Å². The van der Waals surface area contributed by atoms with E-state index in [-0.39, 0.29) is 5.75 Å². The van der Waals surface area contributed by atoms with Crippen molar-refractivity contribution in [3.05, 3.63) is 36.5 Å². The van der Waals surface area contributed by atoms with Crippen molar-refractivity contribution in [3.63, 3.8) is 0 Å². The third kappa shape index (κ3) is 3.59. The van der Waals surface area contributed by atoms with Crippen LogP contribution in [0, 0.1) is 0 Å². The Morgan fingerprint density at radius 2 is 1.91 bits per heavy atom. The van der Waals surface area contributed by atoms with E-state index in [2.05, 4.69) is 15.2 Å². The van der Waals surface area contributed by atoms with Crippen LogP contribution in [0.3, 0.4) is 0 Å². The fraction of sp³-hybridized carbons (Fsp3) is 0.400. The minimum Gasteiger partial charge on any atom is -0.406 e. The number of piperidine rings is 1. The highest BCUT2D eigenvalue weighted by molar-refractivity contribution is 5.60. The van der Waals surface area contributed by atoms with Gasteiger partial charge in [-0.25, -0.2) is 5.32 Å². The second-order valence-electron chi connectivity index (χ2n) is 5.16. The average Bonchev–Trinajstić information content (AvgIpc) is 2.96. The van der Waals surface area contributed by atoms with E-state index in [1.807, 2.05) is 10.9 Å². The number of halogens is 3. The van der Waals surface area contributed by atoms with Gasteiger partial charge in [0.05, 0.1) is 11.7 Å². The second kappa shape index (κ2) is 6.00. The molecule has 7 heteroatoms. The van der Waals surface area contributed by atoms with Gasteiger partial charge in [0.15, 0.2) is 0 Å². The van der Waals surface area contributed by atoms with Crippen LogP contribution < -0.4 is 10.1 Å². The summed E-state index contributed by atoms with van der Waals surface area (Å²) in [5.41, 5.74) is 1.23. The third-order valence-electron chi connectivity index (χ3n) is 3.59. The molecule has 0 aliphatic carbocycles. The van der Waals surface area contributed by atoms with Crippen LogP contribution in [0.15, 0.2) is 36.5 Å². The highest BCUT2D eigenvalue weighted by Crippen LogP contribution is 2.28. The van der Waals surface area contributed by atoms with Gasteiger partial charge < -0.3 is 4.74 Å². The number of alkyl halides is 3. The lowest BCUT2D eigenvalue weighted by Crippen LogP contribution is -2.25. The molecule has 1 saturated heterocycles. The summed E-state index contributed by atoms with van der Waals surface area (Å²) in [6.07, 6.45) is -0.942. The maximum atomic E-state index is 12.3. The quantitative estimate of drug-likeness (QED) is 0.872. The number of hydrogen-bond acceptors (Lipinski definition) is 2. The summed E-state index contributed by atoms with van der Waals surface area (Å²) < 4.78 is 42.6. The van der Waals surface area contributed by atoms with Gasteiger partial charge in [0.2, 0.25) is 0 Å². The van der Waals surface area contributed by atoms with Crippen molar-refractivity contribution in [3.8, 4) is 17.0 Å². The number of hydrogen-bond donors (Lipinski definition) is 0. The first kappa shape index (κ1) is 14.9. The molecule has 0 saturated carbocycles. The smallest absolute Gasteiger partial charge is 0.406 e. The van der Waals surface area contributed by atoms with E-state index in [4.69, 9.17) is 0 Å². The van der Waals surface area contributed by atoms with E-state index >= 15 is 0 Å². The molecular weight excluding hydrogens is 295 g/mol. The van der Waals surface area contributed by atoms with Crippen molar-refractivity contribution < 1.29 is 17.9 Å². The van der Waals surface area contributed by atoms with Crippen molar-refractivity contribution in [1.82, 2.24) is 15.1 Å². The lowest BCUT2D eigenvalue weighted by Gasteiger charge is -2.21. The minimum absolute atomic E-state index is 0.240. The Balaban J connectivity index is 1.79. The number of aromatic nitrogens is 2. The summed E-state index contributed by atoms with van der Waals surface area (Å²) in [5.74, 6) is -0.240.